The number of nitrogens with one attached hydrogen (secondary N) is 1. The van der Waals surface area contributed by atoms with E-state index in [4.69, 9.17) is 5.11 Å². The summed E-state index contributed by atoms with van der Waals surface area (Å²) in [7, 11) is 0. The van der Waals surface area contributed by atoms with Crippen molar-refractivity contribution >= 4 is 22.6 Å². The van der Waals surface area contributed by atoms with Gasteiger partial charge in [0.2, 0.25) is 0 Å². The van der Waals surface area contributed by atoms with Gasteiger partial charge in [-0.2, -0.15) is 5.10 Å². The van der Waals surface area contributed by atoms with Crippen molar-refractivity contribution in [2.75, 3.05) is 6.54 Å². The Balaban J connectivity index is 2.56. The van der Waals surface area contributed by atoms with Gasteiger partial charge in [-0.1, -0.05) is 32.0 Å². The molecule has 0 fully saturated rings. The lowest BCUT2D eigenvalue weighted by Crippen LogP contribution is -2.33. The summed E-state index contributed by atoms with van der Waals surface area (Å²) in [6.45, 7) is 3.75. The number of carbonyl (C=O) groups excluding carboxylic acids is 1. The van der Waals surface area contributed by atoms with Crippen LogP contribution in [0.1, 0.15) is 24.3 Å². The van der Waals surface area contributed by atoms with E-state index in [9.17, 15) is 14.4 Å². The summed E-state index contributed by atoms with van der Waals surface area (Å²) in [5.41, 5.74) is -0.212. The van der Waals surface area contributed by atoms with E-state index >= 15 is 0 Å². The maximum atomic E-state index is 12.4. The molecule has 0 aliphatic carbocycles. The van der Waals surface area contributed by atoms with Gasteiger partial charge in [-0.15, -0.1) is 0 Å². The molecule has 1 heterocycles. The molecule has 2 aromatic rings. The summed E-state index contributed by atoms with van der Waals surface area (Å²) in [6, 6.07) is 6.66. The second kappa shape index (κ2) is 6.38. The number of fused-ring (bicyclic) bond motifs is 1. The molecule has 0 spiro atoms. The third-order valence-electron chi connectivity index (χ3n) is 3.02. The third kappa shape index (κ3) is 3.30. The second-order valence-electron chi connectivity index (χ2n) is 5.35. The molecule has 116 valence electrons. The Morgan fingerprint density at radius 2 is 1.91 bits per heavy atom. The lowest BCUT2D eigenvalue weighted by atomic mass is 10.1. The molecule has 0 aliphatic rings. The van der Waals surface area contributed by atoms with Gasteiger partial charge in [-0.05, 0) is 12.0 Å². The van der Waals surface area contributed by atoms with Crippen LogP contribution in [-0.2, 0) is 11.3 Å². The van der Waals surface area contributed by atoms with Crippen molar-refractivity contribution in [3.8, 4) is 0 Å². The van der Waals surface area contributed by atoms with E-state index < -0.39 is 18.4 Å². The smallest absolute Gasteiger partial charge is 0.322 e. The van der Waals surface area contributed by atoms with Crippen LogP contribution in [0.25, 0.3) is 10.8 Å². The SMILES string of the molecule is CC(C)Cn1nc(C(=O)NCC(=O)O)c2ccccc2c1=O. The Labute approximate surface area is 126 Å². The number of rotatable bonds is 5. The first-order valence-electron chi connectivity index (χ1n) is 6.90. The molecule has 0 bridgehead atoms. The molecule has 2 N–H and O–H groups in total. The van der Waals surface area contributed by atoms with Crippen LogP contribution >= 0.6 is 0 Å². The van der Waals surface area contributed by atoms with Crippen molar-refractivity contribution in [1.82, 2.24) is 15.1 Å². The zero-order chi connectivity index (χ0) is 16.3. The first-order valence-corrected chi connectivity index (χ1v) is 6.90. The predicted octanol–water partition coefficient (Wildman–Crippen LogP) is 0.867. The van der Waals surface area contributed by atoms with E-state index in [0.717, 1.165) is 0 Å². The van der Waals surface area contributed by atoms with E-state index in [1.807, 2.05) is 13.8 Å². The number of aromatic nitrogens is 2. The fourth-order valence-electron chi connectivity index (χ4n) is 2.11. The lowest BCUT2D eigenvalue weighted by Gasteiger charge is -2.12. The van der Waals surface area contributed by atoms with Crippen molar-refractivity contribution in [3.63, 3.8) is 0 Å². The van der Waals surface area contributed by atoms with Gasteiger partial charge in [0.1, 0.15) is 6.54 Å². The maximum absolute atomic E-state index is 12.4. The maximum Gasteiger partial charge on any atom is 0.322 e. The third-order valence-corrected chi connectivity index (χ3v) is 3.02. The van der Waals surface area contributed by atoms with E-state index in [0.29, 0.717) is 17.3 Å². The molecule has 0 atom stereocenters. The van der Waals surface area contributed by atoms with Crippen molar-refractivity contribution in [3.05, 3.63) is 40.3 Å². The van der Waals surface area contributed by atoms with Gasteiger partial charge >= 0.3 is 5.97 Å². The Morgan fingerprint density at radius 1 is 1.27 bits per heavy atom. The van der Waals surface area contributed by atoms with Crippen molar-refractivity contribution in [1.29, 1.82) is 0 Å². The van der Waals surface area contributed by atoms with E-state index in [1.54, 1.807) is 24.3 Å². The topological polar surface area (TPSA) is 101 Å². The molecule has 0 unspecified atom stereocenters. The molecule has 22 heavy (non-hydrogen) atoms. The van der Waals surface area contributed by atoms with Gasteiger partial charge in [0.05, 0.1) is 5.39 Å². The van der Waals surface area contributed by atoms with Gasteiger partial charge in [0, 0.05) is 11.9 Å². The first-order chi connectivity index (χ1) is 10.4. The van der Waals surface area contributed by atoms with Gasteiger partial charge in [0.25, 0.3) is 11.5 Å². The molecule has 2 rings (SSSR count). The highest BCUT2D eigenvalue weighted by molar-refractivity contribution is 6.05. The molecule has 1 amide bonds. The summed E-state index contributed by atoms with van der Waals surface area (Å²) in [6.07, 6.45) is 0. The van der Waals surface area contributed by atoms with Crippen LogP contribution in [0.3, 0.4) is 0 Å². The van der Waals surface area contributed by atoms with Crippen LogP contribution in [0, 0.1) is 5.92 Å². The minimum Gasteiger partial charge on any atom is -0.480 e. The average Bonchev–Trinajstić information content (AvgIpc) is 2.47. The molecule has 1 aromatic carbocycles. The van der Waals surface area contributed by atoms with Crippen molar-refractivity contribution in [2.24, 2.45) is 5.92 Å². The molecule has 7 heteroatoms. The average molecular weight is 303 g/mol. The monoisotopic (exact) mass is 303 g/mol. The van der Waals surface area contributed by atoms with Crippen LogP contribution in [-0.4, -0.2) is 33.3 Å². The molecule has 0 saturated heterocycles. The molecule has 7 nitrogen and oxygen atoms in total. The van der Waals surface area contributed by atoms with Crippen LogP contribution in [0.2, 0.25) is 0 Å². The number of carbonyl (C=O) groups is 2. The number of carboxylic acids is 1. The number of carboxylic acid groups (broad SMARTS) is 1. The molecular weight excluding hydrogens is 286 g/mol. The molecular formula is C15H17N3O4. The highest BCUT2D eigenvalue weighted by Gasteiger charge is 2.17. The van der Waals surface area contributed by atoms with E-state index in [-0.39, 0.29) is 17.2 Å². The standard InChI is InChI=1S/C15H17N3O4/c1-9(2)8-18-15(22)11-6-4-3-5-10(11)13(17-18)14(21)16-7-12(19)20/h3-6,9H,7-8H2,1-2H3,(H,16,21)(H,19,20). The zero-order valence-corrected chi connectivity index (χ0v) is 12.4. The summed E-state index contributed by atoms with van der Waals surface area (Å²) in [4.78, 5) is 35.1. The normalized spacial score (nSPS) is 10.9. The van der Waals surface area contributed by atoms with Crippen LogP contribution in [0.4, 0.5) is 0 Å². The van der Waals surface area contributed by atoms with Crippen molar-refractivity contribution in [2.45, 2.75) is 20.4 Å². The minimum atomic E-state index is -1.15. The Bertz CT molecular complexity index is 780. The number of benzene rings is 1. The highest BCUT2D eigenvalue weighted by atomic mass is 16.4. The number of hydrogen-bond acceptors (Lipinski definition) is 4. The zero-order valence-electron chi connectivity index (χ0n) is 12.4. The van der Waals surface area contributed by atoms with Crippen molar-refractivity contribution < 1.29 is 14.7 Å². The largest absolute Gasteiger partial charge is 0.480 e. The highest BCUT2D eigenvalue weighted by Crippen LogP contribution is 2.13. The van der Waals surface area contributed by atoms with Crippen LogP contribution in [0.15, 0.2) is 29.1 Å². The van der Waals surface area contributed by atoms with E-state index in [2.05, 4.69) is 10.4 Å². The number of amides is 1. The first kappa shape index (κ1) is 15.7. The molecule has 0 aliphatic heterocycles. The molecule has 1 aromatic heterocycles. The molecule has 0 radical (unpaired) electrons. The van der Waals surface area contributed by atoms with E-state index in [1.165, 1.54) is 4.68 Å². The lowest BCUT2D eigenvalue weighted by molar-refractivity contribution is -0.135. The number of hydrogen-bond donors (Lipinski definition) is 2. The van der Waals surface area contributed by atoms with Gasteiger partial charge < -0.3 is 10.4 Å². The summed E-state index contributed by atoms with van der Waals surface area (Å²) >= 11 is 0. The molecule has 0 saturated carbocycles. The van der Waals surface area contributed by atoms with Gasteiger partial charge in [-0.25, -0.2) is 4.68 Å². The van der Waals surface area contributed by atoms with Gasteiger partial charge in [-0.3, -0.25) is 14.4 Å². The minimum absolute atomic E-state index is 0.0529. The predicted molar refractivity (Wildman–Crippen MR) is 80.8 cm³/mol. The fourth-order valence-corrected chi connectivity index (χ4v) is 2.11. The number of nitrogens with zero attached hydrogens (tertiary/aromatic N) is 2. The van der Waals surface area contributed by atoms with Crippen LogP contribution in [0.5, 0.6) is 0 Å². The quantitative estimate of drug-likeness (QED) is 0.853. The second-order valence-corrected chi connectivity index (χ2v) is 5.35. The summed E-state index contributed by atoms with van der Waals surface area (Å²) in [5, 5.41) is 15.8. The van der Waals surface area contributed by atoms with Crippen LogP contribution < -0.4 is 10.9 Å². The van der Waals surface area contributed by atoms with Gasteiger partial charge in [0.15, 0.2) is 5.69 Å². The Kier molecular flexibility index (Phi) is 4.55. The number of aliphatic carboxylic acids is 1. The summed E-state index contributed by atoms with van der Waals surface area (Å²) in [5.74, 6) is -1.58. The fraction of sp³-hybridized carbons (Fsp3) is 0.333. The Morgan fingerprint density at radius 3 is 2.50 bits per heavy atom. The summed E-state index contributed by atoms with van der Waals surface area (Å²) < 4.78 is 1.25. The Hall–Kier alpha value is -2.70.